The molecule has 2 aromatic rings. The molecule has 0 bridgehead atoms. The minimum atomic E-state index is -0.710. The Morgan fingerprint density at radius 3 is 2.70 bits per heavy atom. The molecule has 0 radical (unpaired) electrons. The molecule has 6 heteroatoms. The van der Waals surface area contributed by atoms with E-state index in [9.17, 15) is 14.0 Å². The lowest BCUT2D eigenvalue weighted by atomic mass is 10.1. The zero-order valence-corrected chi connectivity index (χ0v) is 11.2. The van der Waals surface area contributed by atoms with E-state index in [-0.39, 0.29) is 29.9 Å². The van der Waals surface area contributed by atoms with Crippen molar-refractivity contribution in [1.29, 1.82) is 0 Å². The second-order valence-corrected chi connectivity index (χ2v) is 4.01. The SMILES string of the molecule is CCOC(=O)c1c[nH]c2cc(F)c(OCC)cc2c1=O. The van der Waals surface area contributed by atoms with E-state index in [0.717, 1.165) is 6.07 Å². The van der Waals surface area contributed by atoms with Crippen molar-refractivity contribution < 1.29 is 18.7 Å². The number of benzene rings is 1. The van der Waals surface area contributed by atoms with Crippen LogP contribution in [-0.2, 0) is 4.74 Å². The van der Waals surface area contributed by atoms with Gasteiger partial charge in [0, 0.05) is 12.3 Å². The van der Waals surface area contributed by atoms with Crippen LogP contribution in [0.5, 0.6) is 5.75 Å². The molecule has 0 unspecified atom stereocenters. The average molecular weight is 279 g/mol. The number of halogens is 1. The minimum Gasteiger partial charge on any atom is -0.491 e. The molecule has 0 fully saturated rings. The fraction of sp³-hybridized carbons (Fsp3) is 0.286. The zero-order chi connectivity index (χ0) is 14.7. The Balaban J connectivity index is 2.62. The number of nitrogens with one attached hydrogen (secondary N) is 1. The van der Waals surface area contributed by atoms with Crippen LogP contribution >= 0.6 is 0 Å². The number of H-pyrrole nitrogens is 1. The Morgan fingerprint density at radius 1 is 1.30 bits per heavy atom. The van der Waals surface area contributed by atoms with Gasteiger partial charge in [0.1, 0.15) is 5.56 Å². The number of esters is 1. The van der Waals surface area contributed by atoms with E-state index in [4.69, 9.17) is 9.47 Å². The van der Waals surface area contributed by atoms with Crippen LogP contribution in [0.15, 0.2) is 23.1 Å². The van der Waals surface area contributed by atoms with Gasteiger partial charge in [-0.05, 0) is 19.9 Å². The van der Waals surface area contributed by atoms with Crippen LogP contribution in [0.1, 0.15) is 24.2 Å². The number of ether oxygens (including phenoxy) is 2. The molecule has 0 spiro atoms. The van der Waals surface area contributed by atoms with Crippen molar-refractivity contribution in [2.45, 2.75) is 13.8 Å². The first-order valence-corrected chi connectivity index (χ1v) is 6.23. The van der Waals surface area contributed by atoms with Gasteiger partial charge in [0.25, 0.3) is 0 Å². The summed E-state index contributed by atoms with van der Waals surface area (Å²) in [5.74, 6) is -1.30. The highest BCUT2D eigenvalue weighted by Gasteiger charge is 2.16. The van der Waals surface area contributed by atoms with Gasteiger partial charge in [0.15, 0.2) is 11.6 Å². The lowest BCUT2D eigenvalue weighted by molar-refractivity contribution is 0.0524. The highest BCUT2D eigenvalue weighted by Crippen LogP contribution is 2.22. The zero-order valence-electron chi connectivity index (χ0n) is 11.2. The van der Waals surface area contributed by atoms with Crippen LogP contribution in [0.3, 0.4) is 0 Å². The van der Waals surface area contributed by atoms with E-state index in [1.165, 1.54) is 12.3 Å². The number of aromatic amines is 1. The molecule has 0 atom stereocenters. The Hall–Kier alpha value is -2.37. The summed E-state index contributed by atoms with van der Waals surface area (Å²) in [4.78, 5) is 26.6. The Kier molecular flexibility index (Phi) is 4.02. The highest BCUT2D eigenvalue weighted by molar-refractivity contribution is 5.93. The molecule has 20 heavy (non-hydrogen) atoms. The fourth-order valence-electron chi connectivity index (χ4n) is 1.85. The number of pyridine rings is 1. The van der Waals surface area contributed by atoms with Crippen molar-refractivity contribution in [2.24, 2.45) is 0 Å². The number of rotatable bonds is 4. The average Bonchev–Trinajstić information content (AvgIpc) is 2.41. The van der Waals surface area contributed by atoms with Crippen molar-refractivity contribution in [3.63, 3.8) is 0 Å². The van der Waals surface area contributed by atoms with Gasteiger partial charge in [0.05, 0.1) is 24.1 Å². The Labute approximate surface area is 114 Å². The molecular weight excluding hydrogens is 265 g/mol. The summed E-state index contributed by atoms with van der Waals surface area (Å²) in [6.45, 7) is 3.81. The van der Waals surface area contributed by atoms with Crippen molar-refractivity contribution in [1.82, 2.24) is 4.98 Å². The van der Waals surface area contributed by atoms with Crippen LogP contribution < -0.4 is 10.2 Å². The van der Waals surface area contributed by atoms with Gasteiger partial charge in [-0.2, -0.15) is 0 Å². The summed E-state index contributed by atoms with van der Waals surface area (Å²) < 4.78 is 23.6. The molecule has 2 rings (SSSR count). The molecule has 0 amide bonds. The number of aromatic nitrogens is 1. The quantitative estimate of drug-likeness (QED) is 0.871. The standard InChI is InChI=1S/C14H14FNO4/c1-3-19-12-5-8-11(6-10(12)15)16-7-9(13(8)17)14(18)20-4-2/h5-7H,3-4H2,1-2H3,(H,16,17). The van der Waals surface area contributed by atoms with Gasteiger partial charge in [-0.25, -0.2) is 9.18 Å². The van der Waals surface area contributed by atoms with Crippen molar-refractivity contribution in [3.8, 4) is 5.75 Å². The van der Waals surface area contributed by atoms with E-state index in [1.54, 1.807) is 13.8 Å². The highest BCUT2D eigenvalue weighted by atomic mass is 19.1. The summed E-state index contributed by atoms with van der Waals surface area (Å²) in [5.41, 5.74) is -0.337. The molecule has 1 aromatic carbocycles. The Bertz CT molecular complexity index is 708. The van der Waals surface area contributed by atoms with Gasteiger partial charge in [-0.1, -0.05) is 0 Å². The van der Waals surface area contributed by atoms with Crippen LogP contribution in [0.25, 0.3) is 10.9 Å². The largest absolute Gasteiger partial charge is 0.491 e. The molecule has 1 heterocycles. The normalized spacial score (nSPS) is 10.6. The van der Waals surface area contributed by atoms with E-state index in [2.05, 4.69) is 4.98 Å². The summed E-state index contributed by atoms with van der Waals surface area (Å²) in [5, 5.41) is 0.181. The second-order valence-electron chi connectivity index (χ2n) is 4.01. The van der Waals surface area contributed by atoms with Gasteiger partial charge < -0.3 is 14.5 Å². The summed E-state index contributed by atoms with van der Waals surface area (Å²) in [6, 6.07) is 2.45. The molecule has 1 N–H and O–H groups in total. The molecule has 1 aromatic heterocycles. The third kappa shape index (κ3) is 2.49. The summed E-state index contributed by atoms with van der Waals surface area (Å²) in [6.07, 6.45) is 1.22. The lowest BCUT2D eigenvalue weighted by Gasteiger charge is -2.07. The molecule has 0 saturated carbocycles. The van der Waals surface area contributed by atoms with E-state index in [0.29, 0.717) is 5.52 Å². The van der Waals surface area contributed by atoms with Crippen molar-refractivity contribution >= 4 is 16.9 Å². The first kappa shape index (κ1) is 14.0. The molecular formula is C14H14FNO4. The fourth-order valence-corrected chi connectivity index (χ4v) is 1.85. The van der Waals surface area contributed by atoms with Crippen molar-refractivity contribution in [3.05, 3.63) is 39.9 Å². The minimum absolute atomic E-state index is 0.0218. The molecule has 5 nitrogen and oxygen atoms in total. The number of hydrogen-bond acceptors (Lipinski definition) is 4. The third-order valence-electron chi connectivity index (χ3n) is 2.73. The number of hydrogen-bond donors (Lipinski definition) is 1. The van der Waals surface area contributed by atoms with Gasteiger partial charge in [-0.15, -0.1) is 0 Å². The molecule has 106 valence electrons. The number of carbonyl (C=O) groups is 1. The first-order valence-electron chi connectivity index (χ1n) is 6.23. The van der Waals surface area contributed by atoms with Gasteiger partial charge >= 0.3 is 5.97 Å². The summed E-state index contributed by atoms with van der Waals surface area (Å²) in [7, 11) is 0. The molecule has 0 saturated heterocycles. The summed E-state index contributed by atoms with van der Waals surface area (Å²) >= 11 is 0. The predicted octanol–water partition coefficient (Wildman–Crippen LogP) is 2.24. The second kappa shape index (κ2) is 5.73. The topological polar surface area (TPSA) is 68.4 Å². The third-order valence-corrected chi connectivity index (χ3v) is 2.73. The first-order chi connectivity index (χ1) is 9.58. The van der Waals surface area contributed by atoms with Crippen molar-refractivity contribution in [2.75, 3.05) is 13.2 Å². The number of carbonyl (C=O) groups excluding carboxylic acids is 1. The Morgan fingerprint density at radius 2 is 2.05 bits per heavy atom. The van der Waals surface area contributed by atoms with E-state index >= 15 is 0 Å². The van der Waals surface area contributed by atoms with Gasteiger partial charge in [-0.3, -0.25) is 4.79 Å². The molecule has 0 aliphatic heterocycles. The maximum atomic E-state index is 13.7. The molecule has 0 aliphatic carbocycles. The number of fused-ring (bicyclic) bond motifs is 1. The van der Waals surface area contributed by atoms with Crippen LogP contribution in [0, 0.1) is 5.82 Å². The molecule has 0 aliphatic rings. The van der Waals surface area contributed by atoms with E-state index < -0.39 is 17.2 Å². The maximum absolute atomic E-state index is 13.7. The predicted molar refractivity (Wildman–Crippen MR) is 71.7 cm³/mol. The monoisotopic (exact) mass is 279 g/mol. The van der Waals surface area contributed by atoms with Crippen LogP contribution in [-0.4, -0.2) is 24.2 Å². The van der Waals surface area contributed by atoms with Crippen LogP contribution in [0.2, 0.25) is 0 Å². The lowest BCUT2D eigenvalue weighted by Crippen LogP contribution is -2.18. The maximum Gasteiger partial charge on any atom is 0.343 e. The van der Waals surface area contributed by atoms with Crippen LogP contribution in [0.4, 0.5) is 4.39 Å². The van der Waals surface area contributed by atoms with Gasteiger partial charge in [0.2, 0.25) is 5.43 Å². The van der Waals surface area contributed by atoms with E-state index in [1.807, 2.05) is 0 Å². The smallest absolute Gasteiger partial charge is 0.343 e.